The molecule has 0 aliphatic carbocycles. The Balaban J connectivity index is 1.80. The molecule has 1 amide bonds. The molecule has 156 valence electrons. The number of benzene rings is 2. The predicted octanol–water partition coefficient (Wildman–Crippen LogP) is 5.05. The van der Waals surface area contributed by atoms with Crippen molar-refractivity contribution in [2.45, 2.75) is 38.8 Å². The maximum Gasteiger partial charge on any atom is 0.231 e. The molecule has 4 rings (SSSR count). The summed E-state index contributed by atoms with van der Waals surface area (Å²) in [5.74, 6) is 1.66. The highest BCUT2D eigenvalue weighted by molar-refractivity contribution is 6.30. The normalized spacial score (nSPS) is 18.4. The van der Waals surface area contributed by atoms with Crippen molar-refractivity contribution < 1.29 is 9.53 Å². The third-order valence-electron chi connectivity index (χ3n) is 5.43. The highest BCUT2D eigenvalue weighted by Gasteiger charge is 2.39. The Bertz CT molecular complexity index is 1010. The van der Waals surface area contributed by atoms with E-state index in [0.717, 1.165) is 16.9 Å². The second kappa shape index (κ2) is 8.48. The van der Waals surface area contributed by atoms with E-state index in [2.05, 4.69) is 10.1 Å². The van der Waals surface area contributed by atoms with E-state index in [9.17, 15) is 4.79 Å². The van der Waals surface area contributed by atoms with E-state index in [4.69, 9.17) is 16.3 Å². The number of amides is 1. The highest BCUT2D eigenvalue weighted by Crippen LogP contribution is 2.42. The van der Waals surface area contributed by atoms with Gasteiger partial charge in [0.25, 0.3) is 0 Å². The average molecular weight is 425 g/mol. The lowest BCUT2D eigenvalue weighted by molar-refractivity contribution is -0.120. The van der Waals surface area contributed by atoms with Gasteiger partial charge < -0.3 is 4.74 Å². The summed E-state index contributed by atoms with van der Waals surface area (Å²) in [6.45, 7) is 4.09. The van der Waals surface area contributed by atoms with Crippen LogP contribution in [0.15, 0.2) is 54.9 Å². The maximum absolute atomic E-state index is 13.3. The van der Waals surface area contributed by atoms with Gasteiger partial charge in [-0.15, -0.1) is 0 Å². The Morgan fingerprint density at radius 2 is 1.73 bits per heavy atom. The van der Waals surface area contributed by atoms with E-state index in [-0.39, 0.29) is 23.9 Å². The van der Waals surface area contributed by atoms with Crippen LogP contribution in [0.1, 0.15) is 49.9 Å². The van der Waals surface area contributed by atoms with Crippen molar-refractivity contribution in [2.24, 2.45) is 5.92 Å². The van der Waals surface area contributed by atoms with Crippen LogP contribution in [0.25, 0.3) is 0 Å². The number of nitrogens with zero attached hydrogens (tertiary/aromatic N) is 4. The number of rotatable bonds is 5. The number of carbonyl (C=O) groups excluding carboxylic acids is 1. The molecule has 2 heterocycles. The number of halogens is 1. The van der Waals surface area contributed by atoms with Gasteiger partial charge in [-0.1, -0.05) is 49.7 Å². The first kappa shape index (κ1) is 20.4. The van der Waals surface area contributed by atoms with Crippen LogP contribution < -0.4 is 9.64 Å². The smallest absolute Gasteiger partial charge is 0.231 e. The lowest BCUT2D eigenvalue weighted by Crippen LogP contribution is -2.43. The van der Waals surface area contributed by atoms with E-state index < -0.39 is 0 Å². The fourth-order valence-corrected chi connectivity index (χ4v) is 4.12. The van der Waals surface area contributed by atoms with Crippen molar-refractivity contribution in [1.82, 2.24) is 14.8 Å². The molecule has 0 spiro atoms. The largest absolute Gasteiger partial charge is 0.497 e. The minimum atomic E-state index is -0.153. The van der Waals surface area contributed by atoms with E-state index in [1.807, 2.05) is 67.1 Å². The van der Waals surface area contributed by atoms with Crippen LogP contribution in [0.2, 0.25) is 5.02 Å². The highest BCUT2D eigenvalue weighted by atomic mass is 35.5. The molecule has 0 saturated heterocycles. The Labute approximate surface area is 181 Å². The van der Waals surface area contributed by atoms with Crippen molar-refractivity contribution in [3.63, 3.8) is 0 Å². The molecule has 2 aromatic carbocycles. The Morgan fingerprint density at radius 3 is 2.37 bits per heavy atom. The number of hydrogen-bond acceptors (Lipinski definition) is 4. The van der Waals surface area contributed by atoms with Gasteiger partial charge >= 0.3 is 0 Å². The monoisotopic (exact) mass is 424 g/mol. The molecular formula is C23H25ClN4O2. The summed E-state index contributed by atoms with van der Waals surface area (Å²) in [6.07, 6.45) is 2.66. The third kappa shape index (κ3) is 3.92. The van der Waals surface area contributed by atoms with Crippen molar-refractivity contribution >= 4 is 23.5 Å². The van der Waals surface area contributed by atoms with E-state index in [1.54, 1.807) is 12.0 Å². The Kier molecular flexibility index (Phi) is 5.77. The number of hydrogen-bond donors (Lipinski definition) is 0. The molecule has 0 saturated carbocycles. The summed E-state index contributed by atoms with van der Waals surface area (Å²) in [4.78, 5) is 19.5. The zero-order valence-corrected chi connectivity index (χ0v) is 18.1. The molecule has 3 aromatic rings. The zero-order valence-electron chi connectivity index (χ0n) is 17.3. The fraction of sp³-hybridized carbons (Fsp3) is 0.348. The van der Waals surface area contributed by atoms with Gasteiger partial charge in [0.05, 0.1) is 19.2 Å². The van der Waals surface area contributed by atoms with Crippen LogP contribution in [-0.2, 0) is 4.79 Å². The molecule has 2 unspecified atom stereocenters. The van der Waals surface area contributed by atoms with Crippen LogP contribution in [0.4, 0.5) is 5.95 Å². The molecule has 1 aromatic heterocycles. The topological polar surface area (TPSA) is 60.2 Å². The standard InChI is InChI=1S/C23H25ClN4O2/c1-15(2)12-22(29)27-20(16-6-10-19(30-3)11-7-16)13-21(28-23(27)25-14-26-28)17-4-8-18(24)9-5-17/h4-11,14-15,20-21H,12-13H2,1-3H3. The minimum absolute atomic E-state index is 0.0463. The van der Waals surface area contributed by atoms with Gasteiger partial charge in [0.15, 0.2) is 0 Å². The van der Waals surface area contributed by atoms with Crippen molar-refractivity contribution in [3.05, 3.63) is 71.0 Å². The molecule has 2 atom stereocenters. The summed E-state index contributed by atoms with van der Waals surface area (Å²) in [5.41, 5.74) is 2.13. The molecule has 6 nitrogen and oxygen atoms in total. The molecule has 0 N–H and O–H groups in total. The zero-order chi connectivity index (χ0) is 21.3. The van der Waals surface area contributed by atoms with Crippen molar-refractivity contribution in [2.75, 3.05) is 12.0 Å². The third-order valence-corrected chi connectivity index (χ3v) is 5.68. The predicted molar refractivity (Wildman–Crippen MR) is 117 cm³/mol. The number of anilines is 1. The summed E-state index contributed by atoms with van der Waals surface area (Å²) < 4.78 is 7.16. The molecule has 0 radical (unpaired) electrons. The molecule has 0 fully saturated rings. The van der Waals surface area contributed by atoms with Crippen LogP contribution in [0.5, 0.6) is 5.75 Å². The second-order valence-corrected chi connectivity index (χ2v) is 8.39. The first-order valence-electron chi connectivity index (χ1n) is 10.1. The molecule has 30 heavy (non-hydrogen) atoms. The van der Waals surface area contributed by atoms with Gasteiger partial charge in [0, 0.05) is 11.4 Å². The van der Waals surface area contributed by atoms with E-state index >= 15 is 0 Å². The number of carbonyl (C=O) groups is 1. The molecule has 0 bridgehead atoms. The number of aromatic nitrogens is 3. The average Bonchev–Trinajstić information content (AvgIpc) is 3.22. The van der Waals surface area contributed by atoms with Crippen LogP contribution in [0.3, 0.4) is 0 Å². The summed E-state index contributed by atoms with van der Waals surface area (Å²) in [7, 11) is 1.65. The quantitative estimate of drug-likeness (QED) is 0.574. The molecule has 7 heteroatoms. The van der Waals surface area contributed by atoms with Gasteiger partial charge in [0.2, 0.25) is 11.9 Å². The summed E-state index contributed by atoms with van der Waals surface area (Å²) >= 11 is 6.10. The molecule has 1 aliphatic heterocycles. The summed E-state index contributed by atoms with van der Waals surface area (Å²) in [6, 6.07) is 15.5. The van der Waals surface area contributed by atoms with Crippen molar-refractivity contribution in [3.8, 4) is 5.75 Å². The van der Waals surface area contributed by atoms with Gasteiger partial charge in [0.1, 0.15) is 12.1 Å². The molecule has 1 aliphatic rings. The second-order valence-electron chi connectivity index (χ2n) is 7.96. The lowest BCUT2D eigenvalue weighted by Gasteiger charge is -2.39. The maximum atomic E-state index is 13.3. The van der Waals surface area contributed by atoms with E-state index in [1.165, 1.54) is 6.33 Å². The molecular weight excluding hydrogens is 400 g/mol. The van der Waals surface area contributed by atoms with Crippen LogP contribution in [0, 0.1) is 5.92 Å². The number of methoxy groups -OCH3 is 1. The van der Waals surface area contributed by atoms with Crippen LogP contribution >= 0.6 is 11.6 Å². The minimum Gasteiger partial charge on any atom is -0.497 e. The van der Waals surface area contributed by atoms with Crippen LogP contribution in [-0.4, -0.2) is 27.8 Å². The first-order chi connectivity index (χ1) is 14.5. The van der Waals surface area contributed by atoms with Crippen molar-refractivity contribution in [1.29, 1.82) is 0 Å². The lowest BCUT2D eigenvalue weighted by atomic mass is 9.91. The van der Waals surface area contributed by atoms with Gasteiger partial charge in [-0.2, -0.15) is 10.1 Å². The fourth-order valence-electron chi connectivity index (χ4n) is 4.00. The SMILES string of the molecule is COc1ccc(C2CC(c3ccc(Cl)cc3)n3ncnc3N2C(=O)CC(C)C)cc1. The first-order valence-corrected chi connectivity index (χ1v) is 10.5. The van der Waals surface area contributed by atoms with Gasteiger partial charge in [-0.3, -0.25) is 9.69 Å². The number of fused-ring (bicyclic) bond motifs is 1. The van der Waals surface area contributed by atoms with Gasteiger partial charge in [-0.05, 0) is 47.7 Å². The Morgan fingerprint density at radius 1 is 1.10 bits per heavy atom. The number of ether oxygens (including phenoxy) is 1. The Hall–Kier alpha value is -2.86. The van der Waals surface area contributed by atoms with Gasteiger partial charge in [-0.25, -0.2) is 4.68 Å². The van der Waals surface area contributed by atoms with E-state index in [0.29, 0.717) is 23.8 Å². The summed E-state index contributed by atoms with van der Waals surface area (Å²) in [5, 5.41) is 5.15.